The maximum Gasteiger partial charge on any atom is 0.124 e. The van der Waals surface area contributed by atoms with E-state index in [0.29, 0.717) is 5.92 Å². The van der Waals surface area contributed by atoms with Crippen LogP contribution >= 0.6 is 0 Å². The SMILES string of the molecule is COc1cc(C)cc(C)c1C(N)C1CCCNC1. The largest absolute Gasteiger partial charge is 0.496 e. The molecule has 0 radical (unpaired) electrons. The Morgan fingerprint density at radius 3 is 2.78 bits per heavy atom. The van der Waals surface area contributed by atoms with Gasteiger partial charge in [0, 0.05) is 11.6 Å². The first-order chi connectivity index (χ1) is 8.63. The molecule has 18 heavy (non-hydrogen) atoms. The van der Waals surface area contributed by atoms with Gasteiger partial charge in [-0.1, -0.05) is 6.07 Å². The number of nitrogens with one attached hydrogen (secondary N) is 1. The molecule has 1 aromatic rings. The molecule has 0 aliphatic carbocycles. The molecule has 1 fully saturated rings. The fraction of sp³-hybridized carbons (Fsp3) is 0.600. The number of methoxy groups -OCH3 is 1. The minimum absolute atomic E-state index is 0.0633. The molecule has 2 atom stereocenters. The Bertz CT molecular complexity index is 411. The fourth-order valence-corrected chi connectivity index (χ4v) is 2.96. The molecule has 1 aliphatic heterocycles. The minimum Gasteiger partial charge on any atom is -0.496 e. The van der Waals surface area contributed by atoms with E-state index in [2.05, 4.69) is 31.3 Å². The molecular weight excluding hydrogens is 224 g/mol. The van der Waals surface area contributed by atoms with Gasteiger partial charge in [0.05, 0.1) is 7.11 Å². The lowest BCUT2D eigenvalue weighted by Gasteiger charge is -2.30. The molecule has 2 unspecified atom stereocenters. The van der Waals surface area contributed by atoms with Crippen molar-refractivity contribution >= 4 is 0 Å². The average molecular weight is 248 g/mol. The molecular formula is C15H24N2O. The number of aryl methyl sites for hydroxylation is 2. The Hall–Kier alpha value is -1.06. The maximum atomic E-state index is 6.48. The molecule has 0 aromatic heterocycles. The summed E-state index contributed by atoms with van der Waals surface area (Å²) in [5.41, 5.74) is 10.1. The van der Waals surface area contributed by atoms with Gasteiger partial charge in [-0.3, -0.25) is 0 Å². The third kappa shape index (κ3) is 2.68. The van der Waals surface area contributed by atoms with Gasteiger partial charge in [0.1, 0.15) is 5.75 Å². The highest BCUT2D eigenvalue weighted by Gasteiger charge is 2.25. The van der Waals surface area contributed by atoms with Crippen LogP contribution in [0.2, 0.25) is 0 Å². The van der Waals surface area contributed by atoms with Gasteiger partial charge in [-0.25, -0.2) is 0 Å². The summed E-state index contributed by atoms with van der Waals surface area (Å²) < 4.78 is 5.52. The summed E-state index contributed by atoms with van der Waals surface area (Å²) in [6.45, 7) is 6.35. The highest BCUT2D eigenvalue weighted by atomic mass is 16.5. The lowest BCUT2D eigenvalue weighted by atomic mass is 9.85. The van der Waals surface area contributed by atoms with Gasteiger partial charge in [0.15, 0.2) is 0 Å². The first kappa shape index (κ1) is 13.4. The quantitative estimate of drug-likeness (QED) is 0.863. The second-order valence-corrected chi connectivity index (χ2v) is 5.33. The summed E-state index contributed by atoms with van der Waals surface area (Å²) in [5.74, 6) is 1.44. The number of ether oxygens (including phenoxy) is 1. The number of hydrogen-bond donors (Lipinski definition) is 2. The van der Waals surface area contributed by atoms with Crippen LogP contribution in [0.4, 0.5) is 0 Å². The van der Waals surface area contributed by atoms with Gasteiger partial charge >= 0.3 is 0 Å². The molecule has 1 aliphatic rings. The van der Waals surface area contributed by atoms with E-state index in [4.69, 9.17) is 10.5 Å². The minimum atomic E-state index is 0.0633. The third-order valence-electron chi connectivity index (χ3n) is 3.89. The summed E-state index contributed by atoms with van der Waals surface area (Å²) in [5, 5.41) is 3.43. The first-order valence-corrected chi connectivity index (χ1v) is 6.75. The molecule has 1 aromatic carbocycles. The molecule has 3 N–H and O–H groups in total. The predicted octanol–water partition coefficient (Wildman–Crippen LogP) is 2.31. The van der Waals surface area contributed by atoms with Gasteiger partial charge in [0.2, 0.25) is 0 Å². The normalized spacial score (nSPS) is 21.7. The molecule has 0 bridgehead atoms. The average Bonchev–Trinajstić information content (AvgIpc) is 2.38. The summed E-state index contributed by atoms with van der Waals surface area (Å²) >= 11 is 0. The highest BCUT2D eigenvalue weighted by Crippen LogP contribution is 2.34. The number of hydrogen-bond acceptors (Lipinski definition) is 3. The zero-order chi connectivity index (χ0) is 13.1. The van der Waals surface area contributed by atoms with Crippen molar-refractivity contribution in [3.8, 4) is 5.75 Å². The molecule has 0 saturated carbocycles. The number of nitrogens with two attached hydrogens (primary N) is 1. The molecule has 3 nitrogen and oxygen atoms in total. The van der Waals surface area contributed by atoms with Gasteiger partial charge in [-0.15, -0.1) is 0 Å². The Morgan fingerprint density at radius 2 is 2.17 bits per heavy atom. The Labute approximate surface area is 110 Å². The van der Waals surface area contributed by atoms with E-state index in [1.165, 1.54) is 29.5 Å². The van der Waals surface area contributed by atoms with E-state index in [9.17, 15) is 0 Å². The molecule has 3 heteroatoms. The van der Waals surface area contributed by atoms with Crippen LogP contribution in [0.15, 0.2) is 12.1 Å². The van der Waals surface area contributed by atoms with Crippen LogP contribution in [-0.4, -0.2) is 20.2 Å². The summed E-state index contributed by atoms with van der Waals surface area (Å²) in [7, 11) is 1.73. The third-order valence-corrected chi connectivity index (χ3v) is 3.89. The van der Waals surface area contributed by atoms with Crippen LogP contribution in [-0.2, 0) is 0 Å². The summed E-state index contributed by atoms with van der Waals surface area (Å²) in [6.07, 6.45) is 2.41. The first-order valence-electron chi connectivity index (χ1n) is 6.75. The van der Waals surface area contributed by atoms with Crippen molar-refractivity contribution in [3.05, 3.63) is 28.8 Å². The van der Waals surface area contributed by atoms with Crippen LogP contribution in [0.5, 0.6) is 5.75 Å². The number of piperidine rings is 1. The van der Waals surface area contributed by atoms with E-state index in [1.807, 2.05) is 0 Å². The zero-order valence-corrected chi connectivity index (χ0v) is 11.6. The number of rotatable bonds is 3. The second-order valence-electron chi connectivity index (χ2n) is 5.33. The van der Waals surface area contributed by atoms with Crippen LogP contribution in [0.1, 0.15) is 35.6 Å². The van der Waals surface area contributed by atoms with Crippen LogP contribution in [0.3, 0.4) is 0 Å². The zero-order valence-electron chi connectivity index (χ0n) is 11.6. The van der Waals surface area contributed by atoms with Crippen molar-refractivity contribution in [3.63, 3.8) is 0 Å². The van der Waals surface area contributed by atoms with Crippen LogP contribution in [0.25, 0.3) is 0 Å². The Kier molecular flexibility index (Phi) is 4.25. The van der Waals surface area contributed by atoms with Crippen molar-refractivity contribution in [1.29, 1.82) is 0 Å². The molecule has 1 saturated heterocycles. The van der Waals surface area contributed by atoms with Crippen molar-refractivity contribution in [2.24, 2.45) is 11.7 Å². The van der Waals surface area contributed by atoms with Crippen molar-refractivity contribution in [1.82, 2.24) is 5.32 Å². The molecule has 100 valence electrons. The Balaban J connectivity index is 2.30. The predicted molar refractivity (Wildman–Crippen MR) is 75.0 cm³/mol. The lowest BCUT2D eigenvalue weighted by molar-refractivity contribution is 0.316. The van der Waals surface area contributed by atoms with E-state index < -0.39 is 0 Å². The van der Waals surface area contributed by atoms with E-state index in [0.717, 1.165) is 18.8 Å². The van der Waals surface area contributed by atoms with Crippen molar-refractivity contribution in [2.45, 2.75) is 32.7 Å². The van der Waals surface area contributed by atoms with Gasteiger partial charge in [-0.05, 0) is 62.9 Å². The second kappa shape index (κ2) is 5.72. The molecule has 0 amide bonds. The smallest absolute Gasteiger partial charge is 0.124 e. The van der Waals surface area contributed by atoms with Gasteiger partial charge in [0.25, 0.3) is 0 Å². The van der Waals surface area contributed by atoms with Crippen molar-refractivity contribution in [2.75, 3.05) is 20.2 Å². The molecule has 2 rings (SSSR count). The van der Waals surface area contributed by atoms with Crippen LogP contribution < -0.4 is 15.8 Å². The maximum absolute atomic E-state index is 6.48. The van der Waals surface area contributed by atoms with Gasteiger partial charge < -0.3 is 15.8 Å². The van der Waals surface area contributed by atoms with E-state index in [-0.39, 0.29) is 6.04 Å². The topological polar surface area (TPSA) is 47.3 Å². The standard InChI is InChI=1S/C15H24N2O/c1-10-7-11(2)14(13(8-10)18-3)15(16)12-5-4-6-17-9-12/h7-8,12,15,17H,4-6,9,16H2,1-3H3. The monoisotopic (exact) mass is 248 g/mol. The molecule has 1 heterocycles. The molecule has 0 spiro atoms. The van der Waals surface area contributed by atoms with Gasteiger partial charge in [-0.2, -0.15) is 0 Å². The number of benzene rings is 1. The fourth-order valence-electron chi connectivity index (χ4n) is 2.96. The summed E-state index contributed by atoms with van der Waals surface area (Å²) in [4.78, 5) is 0. The Morgan fingerprint density at radius 1 is 1.39 bits per heavy atom. The lowest BCUT2D eigenvalue weighted by Crippen LogP contribution is -2.36. The highest BCUT2D eigenvalue weighted by molar-refractivity contribution is 5.45. The van der Waals surface area contributed by atoms with Crippen molar-refractivity contribution < 1.29 is 4.74 Å². The van der Waals surface area contributed by atoms with E-state index >= 15 is 0 Å². The van der Waals surface area contributed by atoms with E-state index in [1.54, 1.807) is 7.11 Å². The summed E-state index contributed by atoms with van der Waals surface area (Å²) in [6, 6.07) is 4.33. The van der Waals surface area contributed by atoms with Crippen LogP contribution in [0, 0.1) is 19.8 Å².